The van der Waals surface area contributed by atoms with Crippen LogP contribution in [0, 0.1) is 0 Å². The van der Waals surface area contributed by atoms with Crippen molar-refractivity contribution in [2.75, 3.05) is 30.0 Å². The molecular weight excluding hydrogens is 300 g/mol. The monoisotopic (exact) mass is 320 g/mol. The van der Waals surface area contributed by atoms with Gasteiger partial charge in [-0.15, -0.1) is 11.8 Å². The van der Waals surface area contributed by atoms with E-state index in [1.807, 2.05) is 31.2 Å². The zero-order chi connectivity index (χ0) is 15.5. The lowest BCUT2D eigenvalue weighted by molar-refractivity contribution is -0.121. The molecule has 0 bridgehead atoms. The second-order valence-electron chi connectivity index (χ2n) is 5.58. The fraction of sp³-hybridized carbons (Fsp3) is 0.500. The minimum Gasteiger partial charge on any atom is -0.381 e. The van der Waals surface area contributed by atoms with Crippen molar-refractivity contribution in [3.63, 3.8) is 0 Å². The van der Waals surface area contributed by atoms with Crippen molar-refractivity contribution >= 4 is 35.0 Å². The van der Waals surface area contributed by atoms with Gasteiger partial charge in [-0.2, -0.15) is 0 Å². The van der Waals surface area contributed by atoms with E-state index in [0.717, 1.165) is 31.7 Å². The number of hydrogen-bond acceptors (Lipinski definition) is 4. The molecule has 1 atom stereocenters. The minimum absolute atomic E-state index is 0.00112. The van der Waals surface area contributed by atoms with E-state index in [-0.39, 0.29) is 23.6 Å². The van der Waals surface area contributed by atoms with Crippen LogP contribution in [-0.4, -0.2) is 42.1 Å². The van der Waals surface area contributed by atoms with Crippen LogP contribution < -0.4 is 10.2 Å². The largest absolute Gasteiger partial charge is 0.381 e. The third-order valence-electron chi connectivity index (χ3n) is 3.95. The molecule has 118 valence electrons. The molecule has 1 aromatic rings. The van der Waals surface area contributed by atoms with Gasteiger partial charge < -0.3 is 10.1 Å². The molecule has 3 rings (SSSR count). The summed E-state index contributed by atoms with van der Waals surface area (Å²) in [6, 6.07) is 7.43. The topological polar surface area (TPSA) is 58.6 Å². The van der Waals surface area contributed by atoms with Crippen LogP contribution >= 0.6 is 11.8 Å². The number of nitrogens with one attached hydrogen (secondary N) is 1. The number of anilines is 2. The maximum Gasteiger partial charge on any atom is 0.244 e. The maximum absolute atomic E-state index is 12.8. The first kappa shape index (κ1) is 15.4. The molecule has 6 heteroatoms. The Morgan fingerprint density at radius 1 is 1.36 bits per heavy atom. The first-order chi connectivity index (χ1) is 10.6. The highest BCUT2D eigenvalue weighted by Crippen LogP contribution is 2.32. The number of carbonyl (C=O) groups excluding carboxylic acids is 2. The molecule has 2 amide bonds. The summed E-state index contributed by atoms with van der Waals surface area (Å²) in [5, 5.41) is 3.10. The van der Waals surface area contributed by atoms with E-state index in [4.69, 9.17) is 4.74 Å². The Morgan fingerprint density at radius 3 is 2.86 bits per heavy atom. The van der Waals surface area contributed by atoms with Crippen molar-refractivity contribution in [2.45, 2.75) is 30.3 Å². The first-order valence-electron chi connectivity index (χ1n) is 7.58. The van der Waals surface area contributed by atoms with Crippen molar-refractivity contribution in [3.8, 4) is 0 Å². The molecule has 2 aliphatic heterocycles. The van der Waals surface area contributed by atoms with E-state index in [9.17, 15) is 9.59 Å². The SMILES string of the molecule is CC(SC1CCOCC1)C(=O)N1CC(=O)Nc2ccccc21. The van der Waals surface area contributed by atoms with Gasteiger partial charge in [0.1, 0.15) is 6.54 Å². The van der Waals surface area contributed by atoms with Gasteiger partial charge >= 0.3 is 0 Å². The van der Waals surface area contributed by atoms with Crippen LogP contribution in [0.25, 0.3) is 0 Å². The van der Waals surface area contributed by atoms with Crippen LogP contribution in [0.3, 0.4) is 0 Å². The number of benzene rings is 1. The molecule has 1 fully saturated rings. The van der Waals surface area contributed by atoms with Crippen molar-refractivity contribution in [3.05, 3.63) is 24.3 Å². The van der Waals surface area contributed by atoms with Crippen molar-refractivity contribution < 1.29 is 14.3 Å². The van der Waals surface area contributed by atoms with Crippen molar-refractivity contribution in [2.24, 2.45) is 0 Å². The Balaban J connectivity index is 1.72. The summed E-state index contributed by atoms with van der Waals surface area (Å²) in [4.78, 5) is 26.2. The molecule has 1 saturated heterocycles. The van der Waals surface area contributed by atoms with Crippen LogP contribution in [0.5, 0.6) is 0 Å². The van der Waals surface area contributed by atoms with Crippen LogP contribution in [0.4, 0.5) is 11.4 Å². The number of fused-ring (bicyclic) bond motifs is 1. The molecule has 0 radical (unpaired) electrons. The number of para-hydroxylation sites is 2. The number of hydrogen-bond donors (Lipinski definition) is 1. The lowest BCUT2D eigenvalue weighted by atomic mass is 10.2. The van der Waals surface area contributed by atoms with E-state index in [0.29, 0.717) is 10.9 Å². The molecule has 22 heavy (non-hydrogen) atoms. The minimum atomic E-state index is -0.165. The summed E-state index contributed by atoms with van der Waals surface area (Å²) in [6.07, 6.45) is 1.97. The average Bonchev–Trinajstić information content (AvgIpc) is 2.54. The third-order valence-corrected chi connectivity index (χ3v) is 5.42. The summed E-state index contributed by atoms with van der Waals surface area (Å²) < 4.78 is 5.36. The summed E-state index contributed by atoms with van der Waals surface area (Å²) in [6.45, 7) is 3.56. The zero-order valence-corrected chi connectivity index (χ0v) is 13.4. The Bertz CT molecular complexity index is 572. The van der Waals surface area contributed by atoms with E-state index in [1.165, 1.54) is 0 Å². The molecule has 1 aromatic carbocycles. The van der Waals surface area contributed by atoms with Crippen LogP contribution in [0.15, 0.2) is 24.3 Å². The third kappa shape index (κ3) is 3.28. The smallest absolute Gasteiger partial charge is 0.244 e. The van der Waals surface area contributed by atoms with Gasteiger partial charge in [-0.25, -0.2) is 0 Å². The predicted molar refractivity (Wildman–Crippen MR) is 88.3 cm³/mol. The van der Waals surface area contributed by atoms with Gasteiger partial charge in [0.25, 0.3) is 0 Å². The maximum atomic E-state index is 12.8. The second-order valence-corrected chi connectivity index (χ2v) is 7.23. The lowest BCUT2D eigenvalue weighted by Crippen LogP contribution is -2.45. The Labute approximate surface area is 134 Å². The summed E-state index contributed by atoms with van der Waals surface area (Å²) in [5.41, 5.74) is 1.49. The van der Waals surface area contributed by atoms with Gasteiger partial charge in [0, 0.05) is 18.5 Å². The lowest BCUT2D eigenvalue weighted by Gasteiger charge is -2.32. The zero-order valence-electron chi connectivity index (χ0n) is 12.6. The molecule has 0 aliphatic carbocycles. The normalized spacial score (nSPS) is 20.2. The van der Waals surface area contributed by atoms with Crippen LogP contribution in [-0.2, 0) is 14.3 Å². The molecule has 0 spiro atoms. The summed E-state index contributed by atoms with van der Waals surface area (Å²) in [5.74, 6) is -0.144. The Morgan fingerprint density at radius 2 is 2.09 bits per heavy atom. The number of nitrogens with zero attached hydrogens (tertiary/aromatic N) is 1. The standard InChI is InChI=1S/C16H20N2O3S/c1-11(22-12-6-8-21-9-7-12)16(20)18-10-15(19)17-13-4-2-3-5-14(13)18/h2-5,11-12H,6-10H2,1H3,(H,17,19). The van der Waals surface area contributed by atoms with Crippen LogP contribution in [0.1, 0.15) is 19.8 Å². The fourth-order valence-corrected chi connectivity index (χ4v) is 4.09. The van der Waals surface area contributed by atoms with Gasteiger partial charge in [-0.3, -0.25) is 14.5 Å². The van der Waals surface area contributed by atoms with Gasteiger partial charge in [-0.1, -0.05) is 12.1 Å². The van der Waals surface area contributed by atoms with Gasteiger partial charge in [0.05, 0.1) is 16.6 Å². The number of carbonyl (C=O) groups is 2. The van der Waals surface area contributed by atoms with E-state index in [2.05, 4.69) is 5.32 Å². The second kappa shape index (κ2) is 6.71. The number of ether oxygens (including phenoxy) is 1. The van der Waals surface area contributed by atoms with E-state index in [1.54, 1.807) is 16.7 Å². The fourth-order valence-electron chi connectivity index (χ4n) is 2.81. The molecular formula is C16H20N2O3S. The molecule has 0 aromatic heterocycles. The summed E-state index contributed by atoms with van der Waals surface area (Å²) >= 11 is 1.70. The van der Waals surface area contributed by atoms with Gasteiger partial charge in [0.15, 0.2) is 0 Å². The number of amides is 2. The molecule has 0 saturated carbocycles. The van der Waals surface area contributed by atoms with Crippen molar-refractivity contribution in [1.82, 2.24) is 0 Å². The average molecular weight is 320 g/mol. The molecule has 5 nitrogen and oxygen atoms in total. The first-order valence-corrected chi connectivity index (χ1v) is 8.53. The Hall–Kier alpha value is -1.53. The highest BCUT2D eigenvalue weighted by molar-refractivity contribution is 8.01. The quantitative estimate of drug-likeness (QED) is 0.928. The summed E-state index contributed by atoms with van der Waals surface area (Å²) in [7, 11) is 0. The van der Waals surface area contributed by atoms with Gasteiger partial charge in [-0.05, 0) is 31.9 Å². The highest BCUT2D eigenvalue weighted by atomic mass is 32.2. The molecule has 2 heterocycles. The molecule has 2 aliphatic rings. The van der Waals surface area contributed by atoms with Gasteiger partial charge in [0.2, 0.25) is 11.8 Å². The predicted octanol–water partition coefficient (Wildman–Crippen LogP) is 2.27. The number of rotatable bonds is 3. The highest BCUT2D eigenvalue weighted by Gasteiger charge is 2.31. The van der Waals surface area contributed by atoms with E-state index < -0.39 is 0 Å². The molecule has 1 unspecified atom stereocenters. The van der Waals surface area contributed by atoms with E-state index >= 15 is 0 Å². The van der Waals surface area contributed by atoms with Crippen molar-refractivity contribution in [1.29, 1.82) is 0 Å². The molecule has 1 N–H and O–H groups in total. The van der Waals surface area contributed by atoms with Crippen LogP contribution in [0.2, 0.25) is 0 Å². The Kier molecular flexibility index (Phi) is 4.69. The number of thioether (sulfide) groups is 1.